The van der Waals surface area contributed by atoms with Gasteiger partial charge in [0.05, 0.1) is 0 Å². The van der Waals surface area contributed by atoms with Crippen molar-refractivity contribution in [3.63, 3.8) is 0 Å². The highest BCUT2D eigenvalue weighted by Crippen LogP contribution is 2.07. The van der Waals surface area contributed by atoms with Crippen LogP contribution in [0.3, 0.4) is 0 Å². The maximum Gasteiger partial charge on any atom is 0.0372 e. The van der Waals surface area contributed by atoms with Crippen molar-refractivity contribution >= 4 is 0 Å². The molecule has 2 aromatic rings. The van der Waals surface area contributed by atoms with E-state index in [0.29, 0.717) is 6.54 Å². The quantitative estimate of drug-likeness (QED) is 0.839. The molecule has 106 valence electrons. The molecule has 3 nitrogen and oxygen atoms in total. The number of rotatable bonds is 7. The lowest BCUT2D eigenvalue weighted by atomic mass is 10.1. The van der Waals surface area contributed by atoms with Crippen molar-refractivity contribution in [1.82, 2.24) is 9.88 Å². The zero-order chi connectivity index (χ0) is 14.2. The number of benzene rings is 1. The molecule has 0 unspecified atom stereocenters. The SMILES string of the molecule is Cc1ccc(CN(CCN)CCc2ccccc2)cn1. The Balaban J connectivity index is 1.91. The molecule has 0 radical (unpaired) electrons. The molecule has 0 aliphatic carbocycles. The van der Waals surface area contributed by atoms with Crippen LogP contribution in [0, 0.1) is 6.92 Å². The predicted octanol–water partition coefficient (Wildman–Crippen LogP) is 2.39. The van der Waals surface area contributed by atoms with Gasteiger partial charge < -0.3 is 5.73 Å². The highest BCUT2D eigenvalue weighted by atomic mass is 15.1. The molecule has 0 spiro atoms. The first-order chi connectivity index (χ1) is 9.78. The molecule has 0 fully saturated rings. The maximum atomic E-state index is 5.72. The van der Waals surface area contributed by atoms with Crippen molar-refractivity contribution in [1.29, 1.82) is 0 Å². The van der Waals surface area contributed by atoms with E-state index in [-0.39, 0.29) is 0 Å². The number of aromatic nitrogens is 1. The molecule has 0 aliphatic rings. The van der Waals surface area contributed by atoms with Crippen LogP contribution in [-0.2, 0) is 13.0 Å². The number of nitrogens with two attached hydrogens (primary N) is 1. The Morgan fingerprint density at radius 1 is 1.00 bits per heavy atom. The average molecular weight is 269 g/mol. The van der Waals surface area contributed by atoms with Crippen LogP contribution in [0.25, 0.3) is 0 Å². The third kappa shape index (κ3) is 4.76. The van der Waals surface area contributed by atoms with Crippen LogP contribution >= 0.6 is 0 Å². The number of hydrogen-bond acceptors (Lipinski definition) is 3. The van der Waals surface area contributed by atoms with Crippen molar-refractivity contribution in [2.45, 2.75) is 19.9 Å². The van der Waals surface area contributed by atoms with Gasteiger partial charge in [-0.3, -0.25) is 9.88 Å². The van der Waals surface area contributed by atoms with Gasteiger partial charge in [0.2, 0.25) is 0 Å². The molecule has 2 rings (SSSR count). The minimum Gasteiger partial charge on any atom is -0.329 e. The van der Waals surface area contributed by atoms with Gasteiger partial charge in [-0.15, -0.1) is 0 Å². The molecule has 1 aromatic heterocycles. The molecule has 0 amide bonds. The monoisotopic (exact) mass is 269 g/mol. The lowest BCUT2D eigenvalue weighted by Gasteiger charge is -2.21. The largest absolute Gasteiger partial charge is 0.329 e. The first-order valence-electron chi connectivity index (χ1n) is 7.16. The van der Waals surface area contributed by atoms with E-state index in [1.807, 2.05) is 13.1 Å². The van der Waals surface area contributed by atoms with Crippen molar-refractivity contribution in [2.24, 2.45) is 5.73 Å². The van der Waals surface area contributed by atoms with Gasteiger partial charge in [0, 0.05) is 38.1 Å². The highest BCUT2D eigenvalue weighted by molar-refractivity contribution is 5.15. The smallest absolute Gasteiger partial charge is 0.0372 e. The Bertz CT molecular complexity index is 493. The third-order valence-electron chi connectivity index (χ3n) is 3.38. The minimum absolute atomic E-state index is 0.689. The summed E-state index contributed by atoms with van der Waals surface area (Å²) >= 11 is 0. The second-order valence-corrected chi connectivity index (χ2v) is 5.11. The molecule has 0 saturated heterocycles. The van der Waals surface area contributed by atoms with Crippen LogP contribution in [0.4, 0.5) is 0 Å². The van der Waals surface area contributed by atoms with E-state index in [1.54, 1.807) is 0 Å². The Hall–Kier alpha value is -1.71. The number of pyridine rings is 1. The molecule has 0 bridgehead atoms. The van der Waals surface area contributed by atoms with E-state index in [1.165, 1.54) is 11.1 Å². The van der Waals surface area contributed by atoms with E-state index >= 15 is 0 Å². The van der Waals surface area contributed by atoms with Crippen LogP contribution < -0.4 is 5.73 Å². The summed E-state index contributed by atoms with van der Waals surface area (Å²) in [5.41, 5.74) is 9.40. The van der Waals surface area contributed by atoms with Crippen LogP contribution in [-0.4, -0.2) is 29.5 Å². The van der Waals surface area contributed by atoms with Gasteiger partial charge in [-0.25, -0.2) is 0 Å². The first-order valence-corrected chi connectivity index (χ1v) is 7.16. The third-order valence-corrected chi connectivity index (χ3v) is 3.38. The van der Waals surface area contributed by atoms with Crippen LogP contribution in [0.1, 0.15) is 16.8 Å². The summed E-state index contributed by atoms with van der Waals surface area (Å²) in [6, 6.07) is 14.8. The molecule has 3 heteroatoms. The summed E-state index contributed by atoms with van der Waals surface area (Å²) in [6.07, 6.45) is 3.02. The fraction of sp³-hybridized carbons (Fsp3) is 0.353. The topological polar surface area (TPSA) is 42.1 Å². The highest BCUT2D eigenvalue weighted by Gasteiger charge is 2.06. The lowest BCUT2D eigenvalue weighted by Crippen LogP contribution is -2.31. The van der Waals surface area contributed by atoms with E-state index in [2.05, 4.69) is 52.3 Å². The molecule has 1 heterocycles. The number of aryl methyl sites for hydroxylation is 1. The fourth-order valence-electron chi connectivity index (χ4n) is 2.23. The van der Waals surface area contributed by atoms with Crippen molar-refractivity contribution in [3.05, 3.63) is 65.5 Å². The maximum absolute atomic E-state index is 5.72. The zero-order valence-corrected chi connectivity index (χ0v) is 12.1. The van der Waals surface area contributed by atoms with Gasteiger partial charge in [-0.1, -0.05) is 36.4 Å². The summed E-state index contributed by atoms with van der Waals surface area (Å²) in [5, 5.41) is 0. The van der Waals surface area contributed by atoms with Gasteiger partial charge in [0.15, 0.2) is 0 Å². The van der Waals surface area contributed by atoms with Crippen LogP contribution in [0.2, 0.25) is 0 Å². The summed E-state index contributed by atoms with van der Waals surface area (Å²) in [5.74, 6) is 0. The molecular weight excluding hydrogens is 246 g/mol. The standard InChI is InChI=1S/C17H23N3/c1-15-7-8-17(13-19-15)14-20(12-10-18)11-9-16-5-3-2-4-6-16/h2-8,13H,9-12,14,18H2,1H3. The molecule has 2 N–H and O–H groups in total. The fourth-order valence-corrected chi connectivity index (χ4v) is 2.23. The lowest BCUT2D eigenvalue weighted by molar-refractivity contribution is 0.276. The Morgan fingerprint density at radius 2 is 1.80 bits per heavy atom. The van der Waals surface area contributed by atoms with Gasteiger partial charge in [-0.05, 0) is 30.5 Å². The van der Waals surface area contributed by atoms with Crippen molar-refractivity contribution < 1.29 is 0 Å². The van der Waals surface area contributed by atoms with E-state index in [0.717, 1.165) is 31.7 Å². The minimum atomic E-state index is 0.689. The zero-order valence-electron chi connectivity index (χ0n) is 12.1. The van der Waals surface area contributed by atoms with Gasteiger partial charge in [0.25, 0.3) is 0 Å². The van der Waals surface area contributed by atoms with E-state index in [9.17, 15) is 0 Å². The van der Waals surface area contributed by atoms with Gasteiger partial charge in [-0.2, -0.15) is 0 Å². The Labute approximate surface area is 121 Å². The summed E-state index contributed by atoms with van der Waals surface area (Å²) in [6.45, 7) is 5.55. The molecule has 0 aliphatic heterocycles. The number of hydrogen-bond donors (Lipinski definition) is 1. The second kappa shape index (κ2) is 7.78. The van der Waals surface area contributed by atoms with E-state index in [4.69, 9.17) is 5.73 Å². The molecule has 1 aromatic carbocycles. The second-order valence-electron chi connectivity index (χ2n) is 5.11. The Morgan fingerprint density at radius 3 is 2.45 bits per heavy atom. The molecule has 0 saturated carbocycles. The van der Waals surface area contributed by atoms with Gasteiger partial charge in [0.1, 0.15) is 0 Å². The van der Waals surface area contributed by atoms with Crippen LogP contribution in [0.15, 0.2) is 48.7 Å². The number of nitrogens with zero attached hydrogens (tertiary/aromatic N) is 2. The summed E-state index contributed by atoms with van der Waals surface area (Å²) in [4.78, 5) is 6.74. The first kappa shape index (κ1) is 14.7. The Kier molecular flexibility index (Phi) is 5.71. The van der Waals surface area contributed by atoms with Crippen molar-refractivity contribution in [3.8, 4) is 0 Å². The normalized spacial score (nSPS) is 10.9. The molecular formula is C17H23N3. The summed E-state index contributed by atoms with van der Waals surface area (Å²) in [7, 11) is 0. The molecule has 20 heavy (non-hydrogen) atoms. The average Bonchev–Trinajstić information content (AvgIpc) is 2.48. The van der Waals surface area contributed by atoms with Crippen molar-refractivity contribution in [2.75, 3.05) is 19.6 Å². The van der Waals surface area contributed by atoms with E-state index < -0.39 is 0 Å². The predicted molar refractivity (Wildman–Crippen MR) is 83.5 cm³/mol. The molecule has 0 atom stereocenters. The van der Waals surface area contributed by atoms with Crippen LogP contribution in [0.5, 0.6) is 0 Å². The summed E-state index contributed by atoms with van der Waals surface area (Å²) < 4.78 is 0. The van der Waals surface area contributed by atoms with Gasteiger partial charge >= 0.3 is 0 Å².